The van der Waals surface area contributed by atoms with Crippen molar-refractivity contribution in [3.63, 3.8) is 0 Å². The molecule has 0 aliphatic carbocycles. The third-order valence-corrected chi connectivity index (χ3v) is 6.79. The van der Waals surface area contributed by atoms with Crippen molar-refractivity contribution in [1.29, 1.82) is 0 Å². The Morgan fingerprint density at radius 3 is 2.75 bits per heavy atom. The number of rotatable bonds is 1. The van der Waals surface area contributed by atoms with Crippen LogP contribution in [0.15, 0.2) is 0 Å². The van der Waals surface area contributed by atoms with Gasteiger partial charge in [-0.2, -0.15) is 0 Å². The summed E-state index contributed by atoms with van der Waals surface area (Å²) < 4.78 is 0.784. The zero-order valence-electron chi connectivity index (χ0n) is 7.56. The summed E-state index contributed by atoms with van der Waals surface area (Å²) in [6.07, 6.45) is 0. The second-order valence-electron chi connectivity index (χ2n) is 3.97. The lowest BCUT2D eigenvalue weighted by Gasteiger charge is -2.20. The molecule has 12 heavy (non-hydrogen) atoms. The third-order valence-electron chi connectivity index (χ3n) is 3.18. The van der Waals surface area contributed by atoms with Crippen LogP contribution in [0.5, 0.6) is 0 Å². The highest BCUT2D eigenvalue weighted by Gasteiger charge is 2.47. The van der Waals surface area contributed by atoms with Crippen LogP contribution >= 0.6 is 23.5 Å². The summed E-state index contributed by atoms with van der Waals surface area (Å²) in [5, 5.41) is 9.66. The number of hydrogen-bond donors (Lipinski definition) is 1. The van der Waals surface area contributed by atoms with Gasteiger partial charge < -0.3 is 5.11 Å². The molecule has 0 aromatic rings. The number of aliphatic hydroxyl groups excluding tert-OH is 1. The zero-order chi connectivity index (χ0) is 8.72. The van der Waals surface area contributed by atoms with Gasteiger partial charge in [-0.05, 0) is 23.5 Å². The van der Waals surface area contributed by atoms with Crippen molar-refractivity contribution in [1.82, 2.24) is 0 Å². The Bertz CT molecular complexity index is 174. The molecule has 0 radical (unpaired) electrons. The molecule has 5 atom stereocenters. The SMILES string of the molecule is C[C@@H]1C(CO)SC2SC[C@H](C)C21. The van der Waals surface area contributed by atoms with Gasteiger partial charge >= 0.3 is 0 Å². The molecule has 2 saturated heterocycles. The highest BCUT2D eigenvalue weighted by atomic mass is 32.2. The molecule has 3 heteroatoms. The van der Waals surface area contributed by atoms with Crippen molar-refractivity contribution in [3.05, 3.63) is 0 Å². The molecule has 0 aromatic carbocycles. The Labute approximate surface area is 82.7 Å². The summed E-state index contributed by atoms with van der Waals surface area (Å²) in [6, 6.07) is 0. The summed E-state index contributed by atoms with van der Waals surface area (Å²) in [5.41, 5.74) is 0. The molecular weight excluding hydrogens is 188 g/mol. The molecule has 1 nitrogen and oxygen atoms in total. The number of thioether (sulfide) groups is 2. The van der Waals surface area contributed by atoms with Crippen LogP contribution in [0.25, 0.3) is 0 Å². The van der Waals surface area contributed by atoms with Gasteiger partial charge in [0, 0.05) is 5.25 Å². The first-order valence-electron chi connectivity index (χ1n) is 4.62. The summed E-state index contributed by atoms with van der Waals surface area (Å²) in [6.45, 7) is 5.03. The Kier molecular flexibility index (Phi) is 2.64. The first-order valence-corrected chi connectivity index (χ1v) is 6.61. The second kappa shape index (κ2) is 3.43. The Balaban J connectivity index is 2.09. The van der Waals surface area contributed by atoms with E-state index in [4.69, 9.17) is 5.11 Å². The van der Waals surface area contributed by atoms with Gasteiger partial charge in [0.25, 0.3) is 0 Å². The van der Waals surface area contributed by atoms with Crippen LogP contribution in [0, 0.1) is 17.8 Å². The first kappa shape index (κ1) is 9.22. The maximum absolute atomic E-state index is 9.15. The van der Waals surface area contributed by atoms with Crippen molar-refractivity contribution in [2.45, 2.75) is 23.7 Å². The van der Waals surface area contributed by atoms with Crippen molar-refractivity contribution < 1.29 is 5.11 Å². The van der Waals surface area contributed by atoms with Crippen LogP contribution < -0.4 is 0 Å². The number of hydrogen-bond acceptors (Lipinski definition) is 3. The van der Waals surface area contributed by atoms with Gasteiger partial charge in [0.1, 0.15) is 0 Å². The molecule has 70 valence electrons. The van der Waals surface area contributed by atoms with Gasteiger partial charge in [-0.15, -0.1) is 23.5 Å². The van der Waals surface area contributed by atoms with Gasteiger partial charge in [-0.1, -0.05) is 13.8 Å². The maximum atomic E-state index is 9.15. The summed E-state index contributed by atoms with van der Waals surface area (Å²) in [7, 11) is 0. The van der Waals surface area contributed by atoms with Crippen LogP contribution in [0.4, 0.5) is 0 Å². The van der Waals surface area contributed by atoms with E-state index in [9.17, 15) is 0 Å². The summed E-state index contributed by atoms with van der Waals surface area (Å²) in [5.74, 6) is 3.76. The first-order chi connectivity index (χ1) is 5.74. The van der Waals surface area contributed by atoms with Crippen molar-refractivity contribution in [3.8, 4) is 0 Å². The standard InChI is InChI=1S/C9H16OS2/c1-5-4-11-9-8(5)6(2)7(3-10)12-9/h5-10H,3-4H2,1-2H3/t5-,6+,7?,8?,9?/m0/s1. The van der Waals surface area contributed by atoms with Crippen LogP contribution in [0.1, 0.15) is 13.8 Å². The fourth-order valence-electron chi connectivity index (χ4n) is 2.39. The Morgan fingerprint density at radius 2 is 2.17 bits per heavy atom. The van der Waals surface area contributed by atoms with Crippen LogP contribution in [-0.2, 0) is 0 Å². The van der Waals surface area contributed by atoms with Gasteiger partial charge in [-0.3, -0.25) is 0 Å². The maximum Gasteiger partial charge on any atom is 0.0553 e. The molecule has 0 saturated carbocycles. The van der Waals surface area contributed by atoms with E-state index >= 15 is 0 Å². The van der Waals surface area contributed by atoms with Crippen LogP contribution in [0.2, 0.25) is 0 Å². The molecule has 0 bridgehead atoms. The normalized spacial score (nSPS) is 52.8. The van der Waals surface area contributed by atoms with E-state index in [1.54, 1.807) is 0 Å². The van der Waals surface area contributed by atoms with E-state index in [0.29, 0.717) is 11.9 Å². The lowest BCUT2D eigenvalue weighted by molar-refractivity contribution is 0.236. The van der Waals surface area contributed by atoms with E-state index in [1.807, 2.05) is 11.8 Å². The smallest absolute Gasteiger partial charge is 0.0553 e. The Hall–Kier alpha value is 0.660. The quantitative estimate of drug-likeness (QED) is 0.706. The highest BCUT2D eigenvalue weighted by molar-refractivity contribution is 8.17. The monoisotopic (exact) mass is 204 g/mol. The fraction of sp³-hybridized carbons (Fsp3) is 1.00. The fourth-order valence-corrected chi connectivity index (χ4v) is 6.38. The van der Waals surface area contributed by atoms with E-state index in [1.165, 1.54) is 5.75 Å². The molecule has 2 fully saturated rings. The van der Waals surface area contributed by atoms with Crippen molar-refractivity contribution in [2.24, 2.45) is 17.8 Å². The minimum Gasteiger partial charge on any atom is -0.395 e. The highest BCUT2D eigenvalue weighted by Crippen LogP contribution is 2.55. The molecule has 1 N–H and O–H groups in total. The van der Waals surface area contributed by atoms with Crippen molar-refractivity contribution >= 4 is 23.5 Å². The molecule has 3 unspecified atom stereocenters. The number of aliphatic hydroxyl groups is 1. The predicted molar refractivity (Wildman–Crippen MR) is 56.5 cm³/mol. The Morgan fingerprint density at radius 1 is 1.42 bits per heavy atom. The molecule has 2 heterocycles. The lowest BCUT2D eigenvalue weighted by atomic mass is 9.84. The topological polar surface area (TPSA) is 20.2 Å². The molecular formula is C9H16OS2. The summed E-state index contributed by atoms with van der Waals surface area (Å²) >= 11 is 4.10. The van der Waals surface area contributed by atoms with Gasteiger partial charge in [0.05, 0.1) is 11.2 Å². The average molecular weight is 204 g/mol. The molecule has 2 aliphatic rings. The van der Waals surface area contributed by atoms with Crippen LogP contribution in [-0.4, -0.2) is 27.3 Å². The van der Waals surface area contributed by atoms with Gasteiger partial charge in [-0.25, -0.2) is 0 Å². The lowest BCUT2D eigenvalue weighted by Crippen LogP contribution is -2.23. The largest absolute Gasteiger partial charge is 0.395 e. The van der Waals surface area contributed by atoms with E-state index in [0.717, 1.165) is 22.3 Å². The van der Waals surface area contributed by atoms with Crippen LogP contribution in [0.3, 0.4) is 0 Å². The van der Waals surface area contributed by atoms with E-state index in [-0.39, 0.29) is 0 Å². The van der Waals surface area contributed by atoms with Gasteiger partial charge in [0.15, 0.2) is 0 Å². The second-order valence-corrected chi connectivity index (χ2v) is 6.83. The molecule has 2 aliphatic heterocycles. The third kappa shape index (κ3) is 1.30. The number of fused-ring (bicyclic) bond motifs is 1. The molecule has 2 rings (SSSR count). The van der Waals surface area contributed by atoms with Crippen molar-refractivity contribution in [2.75, 3.05) is 12.4 Å². The average Bonchev–Trinajstić information content (AvgIpc) is 2.55. The minimum absolute atomic E-state index is 0.367. The minimum atomic E-state index is 0.367. The summed E-state index contributed by atoms with van der Waals surface area (Å²) in [4.78, 5) is 0. The van der Waals surface area contributed by atoms with E-state index < -0.39 is 0 Å². The zero-order valence-corrected chi connectivity index (χ0v) is 9.20. The molecule has 0 aromatic heterocycles. The predicted octanol–water partition coefficient (Wildman–Crippen LogP) is 2.06. The van der Waals surface area contributed by atoms with Gasteiger partial charge in [0.2, 0.25) is 0 Å². The molecule has 0 spiro atoms. The van der Waals surface area contributed by atoms with E-state index in [2.05, 4.69) is 25.6 Å². The molecule has 0 amide bonds.